The predicted octanol–water partition coefficient (Wildman–Crippen LogP) is 3.44. The number of amides is 1. The van der Waals surface area contributed by atoms with Crippen LogP contribution in [0.4, 0.5) is 13.2 Å². The molecule has 4 aromatic heterocycles. The molecule has 28 heavy (non-hydrogen) atoms. The minimum absolute atomic E-state index is 0.0561. The van der Waals surface area contributed by atoms with E-state index in [4.69, 9.17) is 0 Å². The second kappa shape index (κ2) is 6.75. The Bertz CT molecular complexity index is 1130. The number of rotatable bonds is 4. The van der Waals surface area contributed by atoms with Gasteiger partial charge in [-0.25, -0.2) is 4.98 Å². The van der Waals surface area contributed by atoms with Crippen molar-refractivity contribution in [2.45, 2.75) is 19.6 Å². The van der Waals surface area contributed by atoms with E-state index in [9.17, 15) is 18.0 Å². The molecule has 0 aliphatic carbocycles. The second-order valence-electron chi connectivity index (χ2n) is 6.00. The van der Waals surface area contributed by atoms with Gasteiger partial charge in [0, 0.05) is 16.6 Å². The lowest BCUT2D eigenvalue weighted by Gasteiger charge is -2.10. The quantitative estimate of drug-likeness (QED) is 0.544. The summed E-state index contributed by atoms with van der Waals surface area (Å²) in [5, 5.41) is 14.4. The SMILES string of the molecule is Cc1c(C(=O)NCc2cccs2)nc2c(C(F)(F)F)cc(-c3cn[nH]n3)cn12. The molecule has 144 valence electrons. The number of aromatic amines is 1. The summed E-state index contributed by atoms with van der Waals surface area (Å²) in [6.45, 7) is 1.83. The number of nitrogens with zero attached hydrogens (tertiary/aromatic N) is 4. The number of carbonyl (C=O) groups is 1. The minimum Gasteiger partial charge on any atom is -0.346 e. The van der Waals surface area contributed by atoms with Gasteiger partial charge < -0.3 is 9.72 Å². The van der Waals surface area contributed by atoms with E-state index in [1.54, 1.807) is 6.92 Å². The molecule has 0 saturated carbocycles. The number of hydrogen-bond acceptors (Lipinski definition) is 5. The first-order valence-electron chi connectivity index (χ1n) is 8.11. The van der Waals surface area contributed by atoms with Gasteiger partial charge in [-0.3, -0.25) is 4.79 Å². The monoisotopic (exact) mass is 406 g/mol. The molecule has 0 aromatic carbocycles. The van der Waals surface area contributed by atoms with Crippen LogP contribution in [0.2, 0.25) is 0 Å². The van der Waals surface area contributed by atoms with Gasteiger partial charge in [-0.2, -0.15) is 28.6 Å². The summed E-state index contributed by atoms with van der Waals surface area (Å²) >= 11 is 1.47. The Kier molecular flexibility index (Phi) is 4.38. The number of nitrogens with one attached hydrogen (secondary N) is 2. The van der Waals surface area contributed by atoms with Crippen LogP contribution < -0.4 is 5.32 Å². The summed E-state index contributed by atoms with van der Waals surface area (Å²) in [7, 11) is 0. The Labute approximate surface area is 160 Å². The number of pyridine rings is 1. The third-order valence-corrected chi connectivity index (χ3v) is 5.07. The van der Waals surface area contributed by atoms with Crippen molar-refractivity contribution in [3.8, 4) is 11.3 Å². The van der Waals surface area contributed by atoms with Crippen LogP contribution in [-0.4, -0.2) is 30.7 Å². The number of hydrogen-bond donors (Lipinski definition) is 2. The van der Waals surface area contributed by atoms with Crippen molar-refractivity contribution in [3.63, 3.8) is 0 Å². The average molecular weight is 406 g/mol. The Balaban J connectivity index is 1.79. The second-order valence-corrected chi connectivity index (χ2v) is 7.03. The van der Waals surface area contributed by atoms with Crippen molar-refractivity contribution in [2.75, 3.05) is 0 Å². The average Bonchev–Trinajstić information content (AvgIpc) is 3.40. The van der Waals surface area contributed by atoms with Crippen LogP contribution >= 0.6 is 11.3 Å². The van der Waals surface area contributed by atoms with Crippen molar-refractivity contribution >= 4 is 22.9 Å². The lowest BCUT2D eigenvalue weighted by atomic mass is 10.1. The summed E-state index contributed by atoms with van der Waals surface area (Å²) in [5.74, 6) is -0.536. The third-order valence-electron chi connectivity index (χ3n) is 4.19. The summed E-state index contributed by atoms with van der Waals surface area (Å²) in [4.78, 5) is 17.4. The number of aryl methyl sites for hydroxylation is 1. The maximum atomic E-state index is 13.6. The zero-order chi connectivity index (χ0) is 19.9. The Hall–Kier alpha value is -3.21. The summed E-state index contributed by atoms with van der Waals surface area (Å²) in [6, 6.07) is 4.66. The van der Waals surface area contributed by atoms with E-state index in [0.29, 0.717) is 5.69 Å². The van der Waals surface area contributed by atoms with Crippen molar-refractivity contribution in [2.24, 2.45) is 0 Å². The number of H-pyrrole nitrogens is 1. The van der Waals surface area contributed by atoms with Crippen molar-refractivity contribution in [3.05, 3.63) is 57.8 Å². The Morgan fingerprint density at radius 2 is 2.21 bits per heavy atom. The molecule has 7 nitrogen and oxygen atoms in total. The van der Waals surface area contributed by atoms with E-state index in [2.05, 4.69) is 25.7 Å². The molecule has 1 amide bonds. The van der Waals surface area contributed by atoms with E-state index >= 15 is 0 Å². The number of fused-ring (bicyclic) bond motifs is 1. The number of thiophene rings is 1. The highest BCUT2D eigenvalue weighted by molar-refractivity contribution is 7.09. The van der Waals surface area contributed by atoms with Gasteiger partial charge in [0.1, 0.15) is 17.0 Å². The Morgan fingerprint density at radius 1 is 1.39 bits per heavy atom. The molecule has 0 aliphatic heterocycles. The van der Waals surface area contributed by atoms with Crippen LogP contribution in [-0.2, 0) is 12.7 Å². The summed E-state index contributed by atoms with van der Waals surface area (Å²) in [5.41, 5.74) is -0.579. The molecule has 2 N–H and O–H groups in total. The molecule has 0 radical (unpaired) electrons. The molecule has 4 heterocycles. The molecular formula is C17H13F3N6OS. The third kappa shape index (κ3) is 3.24. The molecule has 0 unspecified atom stereocenters. The van der Waals surface area contributed by atoms with Gasteiger partial charge >= 0.3 is 6.18 Å². The largest absolute Gasteiger partial charge is 0.420 e. The molecule has 4 rings (SSSR count). The number of imidazole rings is 1. The highest BCUT2D eigenvalue weighted by Gasteiger charge is 2.36. The first-order valence-corrected chi connectivity index (χ1v) is 8.99. The highest BCUT2D eigenvalue weighted by atomic mass is 32.1. The summed E-state index contributed by atoms with van der Waals surface area (Å²) in [6.07, 6.45) is -1.87. The molecule has 4 aromatic rings. The van der Waals surface area contributed by atoms with E-state index in [-0.39, 0.29) is 29.1 Å². The van der Waals surface area contributed by atoms with Gasteiger partial charge in [0.05, 0.1) is 24.0 Å². The molecule has 0 atom stereocenters. The fraction of sp³-hybridized carbons (Fsp3) is 0.176. The number of aromatic nitrogens is 5. The first-order chi connectivity index (χ1) is 13.3. The van der Waals surface area contributed by atoms with Crippen LogP contribution in [0.25, 0.3) is 16.9 Å². The first kappa shape index (κ1) is 18.2. The summed E-state index contributed by atoms with van der Waals surface area (Å²) < 4.78 is 42.1. The van der Waals surface area contributed by atoms with Crippen LogP contribution in [0.15, 0.2) is 36.0 Å². The van der Waals surface area contributed by atoms with Gasteiger partial charge in [-0.05, 0) is 24.4 Å². The van der Waals surface area contributed by atoms with Crippen molar-refractivity contribution in [1.82, 2.24) is 30.1 Å². The van der Waals surface area contributed by atoms with Gasteiger partial charge in [0.25, 0.3) is 5.91 Å². The standard InChI is InChI=1S/C17H13F3N6OS/c1-9-14(16(27)21-6-11-3-2-4-28-11)23-15-12(17(18,19)20)5-10(8-26(9)15)13-7-22-25-24-13/h2-5,7-8H,6H2,1H3,(H,21,27)(H,22,24,25). The molecule has 0 bridgehead atoms. The van der Waals surface area contributed by atoms with Gasteiger partial charge in [0.15, 0.2) is 0 Å². The van der Waals surface area contributed by atoms with E-state index in [1.165, 1.54) is 28.1 Å². The molecule has 0 spiro atoms. The van der Waals surface area contributed by atoms with Crippen LogP contribution in [0.1, 0.15) is 26.6 Å². The number of alkyl halides is 3. The molecule has 0 fully saturated rings. The molecule has 11 heteroatoms. The minimum atomic E-state index is -4.65. The van der Waals surface area contributed by atoms with E-state index < -0.39 is 17.6 Å². The van der Waals surface area contributed by atoms with Gasteiger partial charge in [-0.1, -0.05) is 6.07 Å². The van der Waals surface area contributed by atoms with Gasteiger partial charge in [0.2, 0.25) is 0 Å². The smallest absolute Gasteiger partial charge is 0.346 e. The zero-order valence-corrected chi connectivity index (χ0v) is 15.2. The van der Waals surface area contributed by atoms with Crippen LogP contribution in [0.3, 0.4) is 0 Å². The van der Waals surface area contributed by atoms with Crippen molar-refractivity contribution < 1.29 is 18.0 Å². The highest BCUT2D eigenvalue weighted by Crippen LogP contribution is 2.35. The number of carbonyl (C=O) groups excluding carboxylic acids is 1. The topological polar surface area (TPSA) is 88.0 Å². The van der Waals surface area contributed by atoms with E-state index in [0.717, 1.165) is 10.9 Å². The maximum Gasteiger partial charge on any atom is 0.420 e. The maximum absolute atomic E-state index is 13.6. The molecule has 0 aliphatic rings. The van der Waals surface area contributed by atoms with Gasteiger partial charge in [-0.15, -0.1) is 11.3 Å². The van der Waals surface area contributed by atoms with E-state index in [1.807, 2.05) is 17.5 Å². The molecule has 0 saturated heterocycles. The Morgan fingerprint density at radius 3 is 2.86 bits per heavy atom. The normalized spacial score (nSPS) is 11.9. The predicted molar refractivity (Wildman–Crippen MR) is 95.8 cm³/mol. The van der Waals surface area contributed by atoms with Crippen molar-refractivity contribution in [1.29, 1.82) is 0 Å². The molecular weight excluding hydrogens is 393 g/mol. The fourth-order valence-electron chi connectivity index (χ4n) is 2.83. The fourth-order valence-corrected chi connectivity index (χ4v) is 3.47. The lowest BCUT2D eigenvalue weighted by molar-refractivity contribution is -0.136. The van der Waals surface area contributed by atoms with Crippen LogP contribution in [0.5, 0.6) is 0 Å². The zero-order valence-electron chi connectivity index (χ0n) is 14.4. The van der Waals surface area contributed by atoms with Crippen LogP contribution in [0, 0.1) is 6.92 Å². The number of halogens is 3. The lowest BCUT2D eigenvalue weighted by Crippen LogP contribution is -2.23.